The number of benzene rings is 1. The van der Waals surface area contributed by atoms with Gasteiger partial charge in [-0.25, -0.2) is 4.39 Å². The van der Waals surface area contributed by atoms with Crippen LogP contribution in [0.2, 0.25) is 0 Å². The number of carbonyl (C=O) groups excluding carboxylic acids is 1. The second-order valence-corrected chi connectivity index (χ2v) is 6.66. The molecule has 0 spiro atoms. The van der Waals surface area contributed by atoms with Gasteiger partial charge in [0, 0.05) is 17.5 Å². The molecule has 0 amide bonds. The highest BCUT2D eigenvalue weighted by molar-refractivity contribution is 5.64. The van der Waals surface area contributed by atoms with Gasteiger partial charge in [-0.2, -0.15) is 13.2 Å². The van der Waals surface area contributed by atoms with Crippen molar-refractivity contribution >= 4 is 6.29 Å². The molecule has 2 aliphatic rings. The fraction of sp³-hybridized carbons (Fsp3) is 0.562. The van der Waals surface area contributed by atoms with Crippen molar-refractivity contribution in [3.8, 4) is 5.75 Å². The summed E-state index contributed by atoms with van der Waals surface area (Å²) in [6.07, 6.45) is -5.98. The van der Waals surface area contributed by atoms with Crippen LogP contribution in [0.4, 0.5) is 17.6 Å². The summed E-state index contributed by atoms with van der Waals surface area (Å²) < 4.78 is 64.0. The maximum atomic E-state index is 13.8. The van der Waals surface area contributed by atoms with Crippen LogP contribution in [0.1, 0.15) is 31.4 Å². The average molecular weight is 332 g/mol. The summed E-state index contributed by atoms with van der Waals surface area (Å²) in [7, 11) is 0. The maximum absolute atomic E-state index is 13.8. The van der Waals surface area contributed by atoms with Crippen LogP contribution in [0, 0.1) is 5.82 Å². The van der Waals surface area contributed by atoms with Gasteiger partial charge in [-0.3, -0.25) is 0 Å². The standard InChI is InChI=1S/C16H16F4O3/c1-14(2,8-15(16(18,19)20)12(7-21)23-15)11-6-10(17)5-9-3-4-22-13(9)11/h5-7,12H,3-4,8H2,1-2H3/t12-,15+/m0/s1. The van der Waals surface area contributed by atoms with Crippen molar-refractivity contribution in [3.05, 3.63) is 29.1 Å². The minimum atomic E-state index is -4.67. The number of aldehydes is 1. The van der Waals surface area contributed by atoms with E-state index in [9.17, 15) is 22.4 Å². The molecule has 2 heterocycles. The molecule has 0 unspecified atom stereocenters. The van der Waals surface area contributed by atoms with Crippen LogP contribution in [0.25, 0.3) is 0 Å². The molecule has 2 atom stereocenters. The Morgan fingerprint density at radius 3 is 2.61 bits per heavy atom. The molecule has 1 fully saturated rings. The smallest absolute Gasteiger partial charge is 0.420 e. The Labute approximate surface area is 130 Å². The number of epoxide rings is 1. The number of hydrogen-bond donors (Lipinski definition) is 0. The van der Waals surface area contributed by atoms with Crippen molar-refractivity contribution < 1.29 is 31.8 Å². The van der Waals surface area contributed by atoms with Crippen LogP contribution in [-0.4, -0.2) is 30.8 Å². The molecule has 23 heavy (non-hydrogen) atoms. The Bertz CT molecular complexity index is 653. The fourth-order valence-corrected chi connectivity index (χ4v) is 3.32. The first-order valence-corrected chi connectivity index (χ1v) is 7.26. The Morgan fingerprint density at radius 1 is 1.35 bits per heavy atom. The number of rotatable bonds is 4. The molecular weight excluding hydrogens is 316 g/mol. The molecule has 2 aliphatic heterocycles. The lowest BCUT2D eigenvalue weighted by molar-refractivity contribution is -0.189. The summed E-state index contributed by atoms with van der Waals surface area (Å²) in [5.41, 5.74) is -2.56. The molecule has 0 saturated carbocycles. The lowest BCUT2D eigenvalue weighted by Gasteiger charge is -2.31. The molecule has 0 aromatic heterocycles. The molecule has 3 nitrogen and oxygen atoms in total. The molecular formula is C16H16F4O3. The minimum Gasteiger partial charge on any atom is -0.493 e. The molecule has 0 N–H and O–H groups in total. The Hall–Kier alpha value is -1.63. The predicted octanol–water partition coefficient (Wildman–Crippen LogP) is 3.33. The third kappa shape index (κ3) is 2.51. The zero-order valence-electron chi connectivity index (χ0n) is 12.7. The van der Waals surface area contributed by atoms with Crippen LogP contribution >= 0.6 is 0 Å². The van der Waals surface area contributed by atoms with Gasteiger partial charge in [0.15, 0.2) is 18.0 Å². The Kier molecular flexibility index (Phi) is 3.48. The zero-order chi connectivity index (χ0) is 17.0. The van der Waals surface area contributed by atoms with Crippen molar-refractivity contribution in [1.82, 2.24) is 0 Å². The largest absolute Gasteiger partial charge is 0.493 e. The van der Waals surface area contributed by atoms with Gasteiger partial charge in [0.2, 0.25) is 0 Å². The van der Waals surface area contributed by atoms with Crippen LogP contribution in [-0.2, 0) is 21.4 Å². The summed E-state index contributed by atoms with van der Waals surface area (Å²) in [5.74, 6) is -0.0703. The van der Waals surface area contributed by atoms with Crippen LogP contribution < -0.4 is 4.74 Å². The first kappa shape index (κ1) is 16.2. The number of fused-ring (bicyclic) bond motifs is 1. The van der Waals surface area contributed by atoms with E-state index in [0.29, 0.717) is 29.9 Å². The van der Waals surface area contributed by atoms with Gasteiger partial charge >= 0.3 is 6.18 Å². The van der Waals surface area contributed by atoms with Gasteiger partial charge in [0.25, 0.3) is 0 Å². The monoisotopic (exact) mass is 332 g/mol. The second kappa shape index (κ2) is 4.93. The molecule has 7 heteroatoms. The van der Waals surface area contributed by atoms with E-state index in [1.807, 2.05) is 0 Å². The molecule has 0 bridgehead atoms. The van der Waals surface area contributed by atoms with Crippen LogP contribution in [0.5, 0.6) is 5.75 Å². The highest BCUT2D eigenvalue weighted by Crippen LogP contribution is 2.56. The molecule has 1 saturated heterocycles. The van der Waals surface area contributed by atoms with E-state index in [1.54, 1.807) is 13.8 Å². The minimum absolute atomic E-state index is 0.163. The van der Waals surface area contributed by atoms with E-state index >= 15 is 0 Å². The van der Waals surface area contributed by atoms with Gasteiger partial charge in [-0.1, -0.05) is 13.8 Å². The van der Waals surface area contributed by atoms with Crippen molar-refractivity contribution in [3.63, 3.8) is 0 Å². The summed E-state index contributed by atoms with van der Waals surface area (Å²) in [6.45, 7) is 3.52. The van der Waals surface area contributed by atoms with Crippen molar-refractivity contribution in [2.75, 3.05) is 6.61 Å². The number of carbonyl (C=O) groups is 1. The third-order valence-corrected chi connectivity index (χ3v) is 4.53. The number of ether oxygens (including phenoxy) is 2. The summed E-state index contributed by atoms with van der Waals surface area (Å²) in [6, 6.07) is 2.54. The topological polar surface area (TPSA) is 38.8 Å². The van der Waals surface area contributed by atoms with Gasteiger partial charge in [0.1, 0.15) is 11.6 Å². The molecule has 1 aromatic rings. The van der Waals surface area contributed by atoms with Crippen LogP contribution in [0.15, 0.2) is 12.1 Å². The SMILES string of the molecule is CC(C)(C[C@@]1(C(F)(F)F)O[C@H]1C=O)c1cc(F)cc2c1OCC2. The Morgan fingerprint density at radius 2 is 2.04 bits per heavy atom. The number of halogens is 4. The molecule has 3 rings (SSSR count). The number of alkyl halides is 3. The van der Waals surface area contributed by atoms with Crippen molar-refractivity contribution in [1.29, 1.82) is 0 Å². The quantitative estimate of drug-likeness (QED) is 0.482. The lowest BCUT2D eigenvalue weighted by atomic mass is 9.75. The zero-order valence-corrected chi connectivity index (χ0v) is 12.7. The highest BCUT2D eigenvalue weighted by atomic mass is 19.4. The van der Waals surface area contributed by atoms with Gasteiger partial charge in [-0.05, 0) is 24.0 Å². The van der Waals surface area contributed by atoms with E-state index in [-0.39, 0.29) is 6.29 Å². The van der Waals surface area contributed by atoms with Crippen LogP contribution in [0.3, 0.4) is 0 Å². The van der Waals surface area contributed by atoms with Gasteiger partial charge in [-0.15, -0.1) is 0 Å². The van der Waals surface area contributed by atoms with Gasteiger partial charge < -0.3 is 14.3 Å². The fourth-order valence-electron chi connectivity index (χ4n) is 3.32. The first-order chi connectivity index (χ1) is 10.6. The average Bonchev–Trinajstić information content (AvgIpc) is 2.95. The first-order valence-electron chi connectivity index (χ1n) is 7.26. The predicted molar refractivity (Wildman–Crippen MR) is 73.0 cm³/mol. The summed E-state index contributed by atoms with van der Waals surface area (Å²) >= 11 is 0. The summed E-state index contributed by atoms with van der Waals surface area (Å²) in [5, 5.41) is 0. The normalized spacial score (nSPS) is 26.6. The maximum Gasteiger partial charge on any atom is 0.420 e. The molecule has 0 radical (unpaired) electrons. The van der Waals surface area contributed by atoms with E-state index in [1.165, 1.54) is 12.1 Å². The molecule has 126 valence electrons. The second-order valence-electron chi connectivity index (χ2n) is 6.66. The van der Waals surface area contributed by atoms with Crippen molar-refractivity contribution in [2.24, 2.45) is 0 Å². The van der Waals surface area contributed by atoms with E-state index in [4.69, 9.17) is 9.47 Å². The molecule has 1 aromatic carbocycles. The van der Waals surface area contributed by atoms with Crippen molar-refractivity contribution in [2.45, 2.75) is 50.0 Å². The van der Waals surface area contributed by atoms with E-state index in [2.05, 4.69) is 0 Å². The number of hydrogen-bond acceptors (Lipinski definition) is 3. The molecule has 0 aliphatic carbocycles. The summed E-state index contributed by atoms with van der Waals surface area (Å²) in [4.78, 5) is 10.8. The van der Waals surface area contributed by atoms with Gasteiger partial charge in [0.05, 0.1) is 6.61 Å². The Balaban J connectivity index is 1.99. The lowest BCUT2D eigenvalue weighted by Crippen LogP contribution is -2.41. The van der Waals surface area contributed by atoms with E-state index < -0.39 is 35.5 Å². The third-order valence-electron chi connectivity index (χ3n) is 4.53. The highest BCUT2D eigenvalue weighted by Gasteiger charge is 2.74. The van der Waals surface area contributed by atoms with E-state index in [0.717, 1.165) is 0 Å².